The van der Waals surface area contributed by atoms with Gasteiger partial charge in [-0.05, 0) is 91.4 Å². The van der Waals surface area contributed by atoms with Crippen molar-refractivity contribution in [3.63, 3.8) is 0 Å². The fourth-order valence-corrected chi connectivity index (χ4v) is 9.67. The fraction of sp³-hybridized carbons (Fsp3) is 0.793. The maximum atomic E-state index is 15.0. The van der Waals surface area contributed by atoms with Crippen LogP contribution in [0.25, 0.3) is 10.4 Å². The lowest BCUT2D eigenvalue weighted by molar-refractivity contribution is -0.387. The summed E-state index contributed by atoms with van der Waals surface area (Å²) in [6.45, 7) is 4.42. The summed E-state index contributed by atoms with van der Waals surface area (Å²) in [7, 11) is 3.44. The molecular weight excluding hydrogens is 555 g/mol. The maximum absolute atomic E-state index is 15.0. The Morgan fingerprint density at radius 1 is 1.05 bits per heavy atom. The van der Waals surface area contributed by atoms with Gasteiger partial charge in [0.1, 0.15) is 5.69 Å². The molecule has 0 aliphatic heterocycles. The molecule has 0 radical (unpaired) electrons. The first-order chi connectivity index (χ1) is 19.8. The average molecular weight is 596 g/mol. The molecular formula is C29H40F3N5O5. The van der Waals surface area contributed by atoms with Gasteiger partial charge in [0.05, 0.1) is 10.5 Å². The number of nitro benzene ring substituents is 1. The van der Waals surface area contributed by atoms with Crippen molar-refractivity contribution in [2.24, 2.45) is 39.6 Å². The SMILES string of the molecule is COC1(OC)CC[C@@]2(C)[C@@H](CC[C@@H]3[C@@H]2CC[C@@]2(C)[C@H]3CC[C@@]2(O)CCNc2c(F)c(N=[N+]=[N-])c(F)c(F)c2[N+](=O)[O-])C1. The average Bonchev–Trinajstić information content (AvgIpc) is 3.23. The van der Waals surface area contributed by atoms with Crippen molar-refractivity contribution >= 4 is 17.1 Å². The highest BCUT2D eigenvalue weighted by Crippen LogP contribution is 2.69. The summed E-state index contributed by atoms with van der Waals surface area (Å²) in [5.74, 6) is -4.15. The Morgan fingerprint density at radius 3 is 2.38 bits per heavy atom. The quantitative estimate of drug-likeness (QED) is 0.0605. The number of nitro groups is 1. The summed E-state index contributed by atoms with van der Waals surface area (Å²) >= 11 is 0. The van der Waals surface area contributed by atoms with E-state index in [2.05, 4.69) is 29.2 Å². The van der Waals surface area contributed by atoms with Crippen LogP contribution in [0.3, 0.4) is 0 Å². The summed E-state index contributed by atoms with van der Waals surface area (Å²) in [6.07, 6.45) is 8.19. The summed E-state index contributed by atoms with van der Waals surface area (Å²) < 4.78 is 55.3. The van der Waals surface area contributed by atoms with Gasteiger partial charge in [-0.15, -0.1) is 0 Å². The number of nitrogens with one attached hydrogen (secondary N) is 1. The van der Waals surface area contributed by atoms with E-state index in [0.717, 1.165) is 51.4 Å². The second kappa shape index (κ2) is 10.8. The van der Waals surface area contributed by atoms with E-state index in [4.69, 9.17) is 15.0 Å². The van der Waals surface area contributed by atoms with Gasteiger partial charge in [-0.1, -0.05) is 19.0 Å². The Morgan fingerprint density at radius 2 is 1.74 bits per heavy atom. The summed E-state index contributed by atoms with van der Waals surface area (Å²) in [5.41, 5.74) is 3.67. The normalized spacial score (nSPS) is 36.8. The molecule has 7 atom stereocenters. The zero-order valence-corrected chi connectivity index (χ0v) is 24.6. The van der Waals surface area contributed by atoms with E-state index in [-0.39, 0.29) is 18.4 Å². The van der Waals surface area contributed by atoms with Crippen LogP contribution in [-0.2, 0) is 9.47 Å². The molecule has 5 rings (SSSR count). The molecule has 0 unspecified atom stereocenters. The number of hydrogen-bond donors (Lipinski definition) is 2. The molecule has 0 heterocycles. The lowest BCUT2D eigenvalue weighted by Crippen LogP contribution is -2.58. The van der Waals surface area contributed by atoms with Crippen LogP contribution in [0.2, 0.25) is 0 Å². The highest BCUT2D eigenvalue weighted by atomic mass is 19.2. The number of ether oxygens (including phenoxy) is 2. The molecule has 42 heavy (non-hydrogen) atoms. The number of nitrogens with zero attached hydrogens (tertiary/aromatic N) is 4. The van der Waals surface area contributed by atoms with Crippen molar-refractivity contribution in [3.8, 4) is 0 Å². The first-order valence-electron chi connectivity index (χ1n) is 14.8. The number of aliphatic hydroxyl groups is 1. The third-order valence-corrected chi connectivity index (χ3v) is 12.2. The molecule has 0 bridgehead atoms. The Hall–Kier alpha value is -2.60. The number of azide groups is 1. The van der Waals surface area contributed by atoms with Crippen LogP contribution in [-0.4, -0.2) is 42.2 Å². The van der Waals surface area contributed by atoms with Crippen LogP contribution in [0.1, 0.15) is 78.1 Å². The monoisotopic (exact) mass is 595 g/mol. The Labute approximate surface area is 243 Å². The van der Waals surface area contributed by atoms with Gasteiger partial charge in [-0.3, -0.25) is 10.1 Å². The Balaban J connectivity index is 1.34. The van der Waals surface area contributed by atoms with Crippen LogP contribution in [0.4, 0.5) is 30.2 Å². The number of halogens is 3. The number of hydrogen-bond acceptors (Lipinski definition) is 7. The van der Waals surface area contributed by atoms with Crippen LogP contribution < -0.4 is 5.32 Å². The van der Waals surface area contributed by atoms with Gasteiger partial charge in [0.25, 0.3) is 0 Å². The van der Waals surface area contributed by atoms with E-state index in [1.54, 1.807) is 14.2 Å². The molecule has 4 fully saturated rings. The number of rotatable bonds is 8. The van der Waals surface area contributed by atoms with Gasteiger partial charge in [0, 0.05) is 38.5 Å². The second-order valence-electron chi connectivity index (χ2n) is 13.3. The molecule has 232 valence electrons. The van der Waals surface area contributed by atoms with Gasteiger partial charge >= 0.3 is 5.69 Å². The van der Waals surface area contributed by atoms with E-state index < -0.39 is 56.2 Å². The van der Waals surface area contributed by atoms with E-state index in [0.29, 0.717) is 30.1 Å². The smallest absolute Gasteiger partial charge is 0.333 e. The maximum Gasteiger partial charge on any atom is 0.333 e. The van der Waals surface area contributed by atoms with Gasteiger partial charge in [0.2, 0.25) is 5.82 Å². The highest BCUT2D eigenvalue weighted by Gasteiger charge is 2.65. The molecule has 0 aromatic heterocycles. The van der Waals surface area contributed by atoms with Crippen molar-refractivity contribution in [1.29, 1.82) is 0 Å². The van der Waals surface area contributed by atoms with Gasteiger partial charge < -0.3 is 19.9 Å². The topological polar surface area (TPSA) is 143 Å². The van der Waals surface area contributed by atoms with Crippen LogP contribution >= 0.6 is 0 Å². The molecule has 4 aliphatic carbocycles. The minimum atomic E-state index is -1.93. The van der Waals surface area contributed by atoms with Crippen LogP contribution in [0.15, 0.2) is 5.11 Å². The summed E-state index contributed by atoms with van der Waals surface area (Å²) in [5, 5.41) is 28.9. The molecule has 4 saturated carbocycles. The number of benzene rings is 1. The van der Waals surface area contributed by atoms with Gasteiger partial charge in [0.15, 0.2) is 23.1 Å². The third kappa shape index (κ3) is 4.46. The molecule has 13 heteroatoms. The standard InChI is InChI=1S/C29H40F3N5O5/c1-26-11-12-29(41-3,42-4)15-16(26)5-6-17-18(26)7-9-27(2)19(17)8-10-28(27,38)13-14-34-24-22(32)23(35-36-33)20(30)21(31)25(24)37(39)40/h16-19,34,38H,5-15H2,1-4H3/t16-,17+,18-,19-,26-,27-,28+/m0/s1. The molecule has 0 spiro atoms. The van der Waals surface area contributed by atoms with Gasteiger partial charge in [-0.2, -0.15) is 4.39 Å². The largest absolute Gasteiger partial charge is 0.389 e. The summed E-state index contributed by atoms with van der Waals surface area (Å²) in [4.78, 5) is 12.6. The zero-order valence-electron chi connectivity index (χ0n) is 24.6. The fourth-order valence-electron chi connectivity index (χ4n) is 9.67. The van der Waals surface area contributed by atoms with Crippen molar-refractivity contribution in [1.82, 2.24) is 0 Å². The summed E-state index contributed by atoms with van der Waals surface area (Å²) in [6, 6.07) is 0. The number of fused-ring (bicyclic) bond motifs is 5. The van der Waals surface area contributed by atoms with Crippen molar-refractivity contribution in [3.05, 3.63) is 38.0 Å². The minimum absolute atomic E-state index is 0.124. The van der Waals surface area contributed by atoms with Crippen molar-refractivity contribution in [2.45, 2.75) is 89.4 Å². The van der Waals surface area contributed by atoms with E-state index in [9.17, 15) is 28.4 Å². The lowest BCUT2D eigenvalue weighted by Gasteiger charge is -2.62. The predicted molar refractivity (Wildman–Crippen MR) is 148 cm³/mol. The van der Waals surface area contributed by atoms with Gasteiger partial charge in [-0.25, -0.2) is 8.78 Å². The van der Waals surface area contributed by atoms with Crippen molar-refractivity contribution in [2.75, 3.05) is 26.1 Å². The van der Waals surface area contributed by atoms with Crippen LogP contribution in [0.5, 0.6) is 0 Å². The van der Waals surface area contributed by atoms with E-state index in [1.807, 2.05) is 0 Å². The third-order valence-electron chi connectivity index (χ3n) is 12.2. The lowest BCUT2D eigenvalue weighted by atomic mass is 9.44. The zero-order chi connectivity index (χ0) is 30.7. The van der Waals surface area contributed by atoms with Crippen LogP contribution in [0, 0.1) is 62.1 Å². The number of anilines is 1. The number of methoxy groups -OCH3 is 2. The molecule has 1 aromatic carbocycles. The predicted octanol–water partition coefficient (Wildman–Crippen LogP) is 7.52. The van der Waals surface area contributed by atoms with Crippen molar-refractivity contribution < 1.29 is 32.7 Å². The Bertz CT molecular complexity index is 1310. The molecule has 1 aromatic rings. The molecule has 2 N–H and O–H groups in total. The molecule has 10 nitrogen and oxygen atoms in total. The highest BCUT2D eigenvalue weighted by molar-refractivity contribution is 5.69. The molecule has 0 saturated heterocycles. The molecule has 0 amide bonds. The Kier molecular flexibility index (Phi) is 7.96. The molecule has 4 aliphatic rings. The van der Waals surface area contributed by atoms with E-state index >= 15 is 0 Å². The minimum Gasteiger partial charge on any atom is -0.389 e. The first-order valence-corrected chi connectivity index (χ1v) is 14.8. The second-order valence-corrected chi connectivity index (χ2v) is 13.3. The van der Waals surface area contributed by atoms with E-state index in [1.165, 1.54) is 0 Å². The first kappa shape index (κ1) is 30.8.